The van der Waals surface area contributed by atoms with E-state index in [2.05, 4.69) is 31.0 Å². The molecule has 8 heteroatoms. The highest BCUT2D eigenvalue weighted by atomic mass is 16.5. The lowest BCUT2D eigenvalue weighted by Gasteiger charge is -2.15. The van der Waals surface area contributed by atoms with E-state index in [1.807, 2.05) is 47.4 Å². The van der Waals surface area contributed by atoms with Gasteiger partial charge >= 0.3 is 0 Å². The summed E-state index contributed by atoms with van der Waals surface area (Å²) in [5, 5.41) is 2.96. The normalized spacial score (nSPS) is 16.4. The maximum Gasteiger partial charge on any atom is 0.257 e. The van der Waals surface area contributed by atoms with Gasteiger partial charge in [-0.15, -0.1) is 0 Å². The Morgan fingerprint density at radius 3 is 2.97 bits per heavy atom. The van der Waals surface area contributed by atoms with Gasteiger partial charge in [0.05, 0.1) is 18.6 Å². The van der Waals surface area contributed by atoms with Crippen LogP contribution in [0.2, 0.25) is 0 Å². The van der Waals surface area contributed by atoms with Gasteiger partial charge in [-0.2, -0.15) is 0 Å². The first-order valence-corrected chi connectivity index (χ1v) is 11.3. The van der Waals surface area contributed by atoms with Gasteiger partial charge in [0.2, 0.25) is 0 Å². The molecule has 166 valence electrons. The predicted molar refractivity (Wildman–Crippen MR) is 123 cm³/mol. The lowest BCUT2D eigenvalue weighted by molar-refractivity contribution is 0.1000. The van der Waals surface area contributed by atoms with Crippen molar-refractivity contribution in [2.24, 2.45) is 0 Å². The number of ether oxygens (including phenoxy) is 1. The van der Waals surface area contributed by atoms with E-state index in [0.29, 0.717) is 30.5 Å². The summed E-state index contributed by atoms with van der Waals surface area (Å²) in [6.45, 7) is 1.73. The number of benzene rings is 1. The standard InChI is InChI=1S/C25H24N6O2/c32-25-20-13-19(31-14-22(27-16-31)17-5-6-17)8-7-18(20)15-33-12-2-10-30-11-9-26-24(30)21-3-1-4-23(28-21)29-25/h1,3-4,7-9,11,13-14,16-17H,2,5-6,10,12,15H2,(H,28,29,32). The van der Waals surface area contributed by atoms with Crippen LogP contribution in [-0.4, -0.2) is 36.6 Å². The fraction of sp³-hybridized carbons (Fsp3) is 0.280. The number of pyridine rings is 1. The summed E-state index contributed by atoms with van der Waals surface area (Å²) in [6.07, 6.45) is 10.8. The molecule has 1 fully saturated rings. The number of hydrogen-bond donors (Lipinski definition) is 1. The molecule has 6 rings (SSSR count). The van der Waals surface area contributed by atoms with Crippen LogP contribution < -0.4 is 5.32 Å². The molecular weight excluding hydrogens is 416 g/mol. The Labute approximate surface area is 191 Å². The van der Waals surface area contributed by atoms with Gasteiger partial charge in [0, 0.05) is 48.9 Å². The van der Waals surface area contributed by atoms with E-state index >= 15 is 0 Å². The zero-order valence-corrected chi connectivity index (χ0v) is 18.1. The van der Waals surface area contributed by atoms with E-state index in [-0.39, 0.29) is 5.91 Å². The molecule has 1 amide bonds. The first-order chi connectivity index (χ1) is 16.2. The van der Waals surface area contributed by atoms with Gasteiger partial charge in [-0.1, -0.05) is 12.1 Å². The number of nitrogens with zero attached hydrogens (tertiary/aromatic N) is 5. The monoisotopic (exact) mass is 440 g/mol. The summed E-state index contributed by atoms with van der Waals surface area (Å²) in [5.74, 6) is 1.62. The average Bonchev–Trinajstić information content (AvgIpc) is 3.37. The lowest BCUT2D eigenvalue weighted by Crippen LogP contribution is -2.17. The first-order valence-electron chi connectivity index (χ1n) is 11.3. The highest BCUT2D eigenvalue weighted by Crippen LogP contribution is 2.39. The smallest absolute Gasteiger partial charge is 0.257 e. The summed E-state index contributed by atoms with van der Waals surface area (Å²) in [6, 6.07) is 11.4. The number of carbonyl (C=O) groups excluding carboxylic acids is 1. The van der Waals surface area contributed by atoms with Crippen LogP contribution in [0.1, 0.15) is 46.8 Å². The SMILES string of the molecule is O=C1Nc2cccc(n2)-c2nccn2CCCOCc2ccc(-n3cnc(C4CC4)c3)cc21. The lowest BCUT2D eigenvalue weighted by atomic mass is 10.1. The second kappa shape index (κ2) is 8.29. The zero-order chi connectivity index (χ0) is 22.2. The van der Waals surface area contributed by atoms with Crippen molar-refractivity contribution in [2.75, 3.05) is 11.9 Å². The number of nitrogens with one attached hydrogen (secondary N) is 1. The molecule has 0 radical (unpaired) electrons. The predicted octanol–water partition coefficient (Wildman–Crippen LogP) is 4.18. The van der Waals surface area contributed by atoms with Gasteiger partial charge in [0.15, 0.2) is 5.82 Å². The van der Waals surface area contributed by atoms with Crippen LogP contribution >= 0.6 is 0 Å². The van der Waals surface area contributed by atoms with Crippen LogP contribution in [0, 0.1) is 0 Å². The largest absolute Gasteiger partial charge is 0.377 e. The molecule has 33 heavy (non-hydrogen) atoms. The molecule has 1 N–H and O–H groups in total. The minimum atomic E-state index is -0.219. The van der Waals surface area contributed by atoms with Crippen LogP contribution in [0.25, 0.3) is 17.2 Å². The number of imidazole rings is 2. The highest BCUT2D eigenvalue weighted by molar-refractivity contribution is 6.05. The maximum atomic E-state index is 13.3. The van der Waals surface area contributed by atoms with Gasteiger partial charge in [0.1, 0.15) is 11.5 Å². The van der Waals surface area contributed by atoms with Gasteiger partial charge in [-0.05, 0) is 49.1 Å². The molecule has 0 unspecified atom stereocenters. The molecule has 4 aromatic rings. The van der Waals surface area contributed by atoms with Crippen molar-refractivity contribution in [3.05, 3.63) is 78.1 Å². The Hall–Kier alpha value is -3.78. The minimum Gasteiger partial charge on any atom is -0.377 e. The molecular formula is C25H24N6O2. The molecule has 3 aromatic heterocycles. The third kappa shape index (κ3) is 4.05. The van der Waals surface area contributed by atoms with E-state index < -0.39 is 0 Å². The number of aryl methyl sites for hydroxylation is 1. The summed E-state index contributed by atoms with van der Waals surface area (Å²) < 4.78 is 9.97. The Balaban J connectivity index is 1.36. The fourth-order valence-electron chi connectivity index (χ4n) is 4.19. The molecule has 2 bridgehead atoms. The molecule has 0 atom stereocenters. The number of hydrogen-bond acceptors (Lipinski definition) is 5. The fourth-order valence-corrected chi connectivity index (χ4v) is 4.19. The number of carbonyl (C=O) groups is 1. The molecule has 1 saturated carbocycles. The molecule has 1 aliphatic heterocycles. The second-order valence-electron chi connectivity index (χ2n) is 8.53. The maximum absolute atomic E-state index is 13.3. The Bertz CT molecular complexity index is 1320. The van der Waals surface area contributed by atoms with Crippen LogP contribution in [0.4, 0.5) is 5.82 Å². The molecule has 0 saturated heterocycles. The van der Waals surface area contributed by atoms with E-state index in [0.717, 1.165) is 41.4 Å². The van der Waals surface area contributed by atoms with E-state index in [1.54, 1.807) is 12.3 Å². The van der Waals surface area contributed by atoms with Crippen LogP contribution in [0.5, 0.6) is 0 Å². The van der Waals surface area contributed by atoms with E-state index in [9.17, 15) is 4.79 Å². The third-order valence-electron chi connectivity index (χ3n) is 6.11. The molecule has 1 aromatic carbocycles. The van der Waals surface area contributed by atoms with Crippen LogP contribution in [-0.2, 0) is 17.9 Å². The Morgan fingerprint density at radius 1 is 1.12 bits per heavy atom. The van der Waals surface area contributed by atoms with Crippen LogP contribution in [0.15, 0.2) is 61.3 Å². The summed E-state index contributed by atoms with van der Waals surface area (Å²) in [7, 11) is 0. The number of rotatable bonds is 2. The average molecular weight is 441 g/mol. The van der Waals surface area contributed by atoms with Crippen molar-refractivity contribution < 1.29 is 9.53 Å². The first kappa shape index (κ1) is 19.9. The van der Waals surface area contributed by atoms with Gasteiger partial charge < -0.3 is 19.2 Å². The Kier molecular flexibility index (Phi) is 4.99. The van der Waals surface area contributed by atoms with Crippen LogP contribution in [0.3, 0.4) is 0 Å². The van der Waals surface area contributed by atoms with Gasteiger partial charge in [0.25, 0.3) is 5.91 Å². The number of aromatic nitrogens is 5. The molecule has 8 nitrogen and oxygen atoms in total. The third-order valence-corrected chi connectivity index (χ3v) is 6.11. The topological polar surface area (TPSA) is 86.9 Å². The van der Waals surface area contributed by atoms with Gasteiger partial charge in [-0.3, -0.25) is 4.79 Å². The summed E-state index contributed by atoms with van der Waals surface area (Å²) in [4.78, 5) is 27.0. The minimum absolute atomic E-state index is 0.219. The number of fused-ring (bicyclic) bond motifs is 5. The van der Waals surface area contributed by atoms with Crippen molar-refractivity contribution in [2.45, 2.75) is 38.3 Å². The quantitative estimate of drug-likeness (QED) is 0.505. The Morgan fingerprint density at radius 2 is 2.06 bits per heavy atom. The number of amides is 1. The zero-order valence-electron chi connectivity index (χ0n) is 18.1. The van der Waals surface area contributed by atoms with Crippen molar-refractivity contribution in [1.29, 1.82) is 0 Å². The van der Waals surface area contributed by atoms with Crippen molar-refractivity contribution in [3.63, 3.8) is 0 Å². The van der Waals surface area contributed by atoms with Crippen molar-refractivity contribution >= 4 is 11.7 Å². The number of anilines is 1. The second-order valence-corrected chi connectivity index (χ2v) is 8.53. The van der Waals surface area contributed by atoms with Gasteiger partial charge in [-0.25, -0.2) is 15.0 Å². The molecule has 0 spiro atoms. The van der Waals surface area contributed by atoms with Crippen molar-refractivity contribution in [1.82, 2.24) is 24.1 Å². The molecule has 4 heterocycles. The molecule has 2 aliphatic rings. The highest BCUT2D eigenvalue weighted by Gasteiger charge is 2.26. The summed E-state index contributed by atoms with van der Waals surface area (Å²) >= 11 is 0. The van der Waals surface area contributed by atoms with E-state index in [1.165, 1.54) is 12.8 Å². The summed E-state index contributed by atoms with van der Waals surface area (Å²) in [5.41, 5.74) is 4.14. The van der Waals surface area contributed by atoms with E-state index in [4.69, 9.17) is 4.74 Å². The van der Waals surface area contributed by atoms with Crippen molar-refractivity contribution in [3.8, 4) is 17.2 Å². The molecule has 1 aliphatic carbocycles.